The smallest absolute Gasteiger partial charge is 0.163 e. The second-order valence-electron chi connectivity index (χ2n) is 3.67. The van der Waals surface area contributed by atoms with Crippen molar-refractivity contribution in [2.75, 3.05) is 6.61 Å². The lowest BCUT2D eigenvalue weighted by Crippen LogP contribution is -2.25. The third-order valence-corrected chi connectivity index (χ3v) is 2.19. The van der Waals surface area contributed by atoms with Crippen LogP contribution in [0.3, 0.4) is 0 Å². The zero-order valence-corrected chi connectivity index (χ0v) is 7.20. The van der Waals surface area contributed by atoms with Crippen LogP contribution < -0.4 is 5.32 Å². The van der Waals surface area contributed by atoms with E-state index in [0.717, 1.165) is 0 Å². The Labute approximate surface area is 71.5 Å². The number of hydrogen-bond donors (Lipinski definition) is 1. The SMILES string of the molecule is CC1(C)OCC([C@@H]2N[C@@H]2C#N)O1. The Kier molecular flexibility index (Phi) is 1.62. The molecule has 66 valence electrons. The Morgan fingerprint density at radius 1 is 1.58 bits per heavy atom. The van der Waals surface area contributed by atoms with E-state index >= 15 is 0 Å². The van der Waals surface area contributed by atoms with Gasteiger partial charge < -0.3 is 9.47 Å². The van der Waals surface area contributed by atoms with Crippen molar-refractivity contribution in [1.29, 1.82) is 5.26 Å². The van der Waals surface area contributed by atoms with E-state index in [0.29, 0.717) is 6.61 Å². The molecule has 0 saturated carbocycles. The number of rotatable bonds is 1. The molecule has 2 saturated heterocycles. The second kappa shape index (κ2) is 2.43. The van der Waals surface area contributed by atoms with Gasteiger partial charge in [0.15, 0.2) is 5.79 Å². The fourth-order valence-electron chi connectivity index (χ4n) is 1.48. The summed E-state index contributed by atoms with van der Waals surface area (Å²) in [6.45, 7) is 4.36. The minimum Gasteiger partial charge on any atom is -0.348 e. The summed E-state index contributed by atoms with van der Waals surface area (Å²) < 4.78 is 10.9. The summed E-state index contributed by atoms with van der Waals surface area (Å²) in [4.78, 5) is 0. The van der Waals surface area contributed by atoms with Crippen molar-refractivity contribution in [3.63, 3.8) is 0 Å². The first-order valence-electron chi connectivity index (χ1n) is 4.10. The number of nitrogens with one attached hydrogen (secondary N) is 1. The Morgan fingerprint density at radius 2 is 2.33 bits per heavy atom. The van der Waals surface area contributed by atoms with E-state index in [2.05, 4.69) is 11.4 Å². The third kappa shape index (κ3) is 1.31. The van der Waals surface area contributed by atoms with Crippen LogP contribution in [-0.4, -0.2) is 30.6 Å². The summed E-state index contributed by atoms with van der Waals surface area (Å²) in [7, 11) is 0. The molecular weight excluding hydrogens is 156 g/mol. The van der Waals surface area contributed by atoms with Gasteiger partial charge in [0.05, 0.1) is 18.7 Å². The molecule has 0 aliphatic carbocycles. The average molecular weight is 168 g/mol. The van der Waals surface area contributed by atoms with Crippen molar-refractivity contribution >= 4 is 0 Å². The number of ether oxygens (including phenoxy) is 2. The molecule has 0 bridgehead atoms. The largest absolute Gasteiger partial charge is 0.348 e. The molecule has 0 radical (unpaired) electrons. The molecule has 4 heteroatoms. The van der Waals surface area contributed by atoms with Crippen LogP contribution in [0.1, 0.15) is 13.8 Å². The molecule has 0 amide bonds. The van der Waals surface area contributed by atoms with Gasteiger partial charge in [0, 0.05) is 0 Å². The van der Waals surface area contributed by atoms with Crippen LogP contribution in [0.4, 0.5) is 0 Å². The zero-order valence-electron chi connectivity index (χ0n) is 7.20. The average Bonchev–Trinajstić information content (AvgIpc) is 2.70. The normalized spacial score (nSPS) is 43.9. The highest BCUT2D eigenvalue weighted by molar-refractivity contribution is 5.15. The van der Waals surface area contributed by atoms with Crippen molar-refractivity contribution in [2.45, 2.75) is 37.8 Å². The zero-order chi connectivity index (χ0) is 8.77. The van der Waals surface area contributed by atoms with Gasteiger partial charge >= 0.3 is 0 Å². The van der Waals surface area contributed by atoms with E-state index in [1.165, 1.54) is 0 Å². The molecule has 2 aliphatic heterocycles. The molecule has 0 spiro atoms. The Hall–Kier alpha value is -0.630. The Bertz CT molecular complexity index is 234. The van der Waals surface area contributed by atoms with Gasteiger partial charge in [-0.1, -0.05) is 0 Å². The first-order valence-corrected chi connectivity index (χ1v) is 4.10. The topological polar surface area (TPSA) is 64.2 Å². The summed E-state index contributed by atoms with van der Waals surface area (Å²) in [5, 5.41) is 11.6. The second-order valence-corrected chi connectivity index (χ2v) is 3.67. The minimum atomic E-state index is -0.477. The first-order chi connectivity index (χ1) is 5.62. The molecule has 2 aliphatic rings. The molecule has 2 heterocycles. The predicted octanol–water partition coefficient (Wildman–Crippen LogP) is 0.00188. The Morgan fingerprint density at radius 3 is 2.75 bits per heavy atom. The lowest BCUT2D eigenvalue weighted by molar-refractivity contribution is -0.138. The molecular formula is C8H12N2O2. The minimum absolute atomic E-state index is 0.0347. The van der Waals surface area contributed by atoms with Crippen LogP contribution >= 0.6 is 0 Å². The van der Waals surface area contributed by atoms with E-state index in [1.54, 1.807) is 0 Å². The van der Waals surface area contributed by atoms with E-state index in [4.69, 9.17) is 14.7 Å². The van der Waals surface area contributed by atoms with Crippen molar-refractivity contribution in [2.24, 2.45) is 0 Å². The lowest BCUT2D eigenvalue weighted by atomic mass is 10.2. The van der Waals surface area contributed by atoms with E-state index in [1.807, 2.05) is 13.8 Å². The highest BCUT2D eigenvalue weighted by Gasteiger charge is 2.48. The predicted molar refractivity (Wildman–Crippen MR) is 41.2 cm³/mol. The monoisotopic (exact) mass is 168 g/mol. The standard InChI is InChI=1S/C8H12N2O2/c1-8(2)11-4-6(12-8)7-5(3-9)10-7/h5-7,10H,4H2,1-2H3/t5-,6?,7-/m1/s1. The lowest BCUT2D eigenvalue weighted by Gasteiger charge is -2.16. The van der Waals surface area contributed by atoms with Crippen molar-refractivity contribution in [1.82, 2.24) is 5.32 Å². The van der Waals surface area contributed by atoms with Gasteiger partial charge in [0.2, 0.25) is 0 Å². The van der Waals surface area contributed by atoms with Crippen LogP contribution in [-0.2, 0) is 9.47 Å². The van der Waals surface area contributed by atoms with Crippen molar-refractivity contribution < 1.29 is 9.47 Å². The van der Waals surface area contributed by atoms with Gasteiger partial charge in [-0.3, -0.25) is 5.32 Å². The molecule has 0 aromatic rings. The molecule has 0 aromatic carbocycles. The van der Waals surface area contributed by atoms with Gasteiger partial charge in [-0.25, -0.2) is 0 Å². The van der Waals surface area contributed by atoms with E-state index in [-0.39, 0.29) is 18.2 Å². The van der Waals surface area contributed by atoms with Gasteiger partial charge in [-0.15, -0.1) is 0 Å². The highest BCUT2D eigenvalue weighted by atomic mass is 16.7. The van der Waals surface area contributed by atoms with E-state index < -0.39 is 5.79 Å². The quantitative estimate of drug-likeness (QED) is 0.560. The summed E-state index contributed by atoms with van der Waals surface area (Å²) in [5.41, 5.74) is 0. The maximum atomic E-state index is 8.56. The summed E-state index contributed by atoms with van der Waals surface area (Å²) >= 11 is 0. The molecule has 1 N–H and O–H groups in total. The third-order valence-electron chi connectivity index (χ3n) is 2.19. The van der Waals surface area contributed by atoms with Gasteiger partial charge in [0.1, 0.15) is 12.1 Å². The van der Waals surface area contributed by atoms with Gasteiger partial charge in [-0.2, -0.15) is 5.26 Å². The molecule has 3 atom stereocenters. The summed E-state index contributed by atoms with van der Waals surface area (Å²) in [5.74, 6) is -0.477. The number of nitrogens with zero attached hydrogens (tertiary/aromatic N) is 1. The van der Waals surface area contributed by atoms with Crippen molar-refractivity contribution in [3.8, 4) is 6.07 Å². The van der Waals surface area contributed by atoms with Crippen molar-refractivity contribution in [3.05, 3.63) is 0 Å². The molecule has 2 rings (SSSR count). The molecule has 2 fully saturated rings. The molecule has 4 nitrogen and oxygen atoms in total. The van der Waals surface area contributed by atoms with Crippen LogP contribution in [0.2, 0.25) is 0 Å². The first kappa shape index (κ1) is 7.99. The highest BCUT2D eigenvalue weighted by Crippen LogP contribution is 2.29. The fraction of sp³-hybridized carbons (Fsp3) is 0.875. The van der Waals surface area contributed by atoms with Crippen LogP contribution in [0, 0.1) is 11.3 Å². The number of hydrogen-bond acceptors (Lipinski definition) is 4. The number of nitriles is 1. The summed E-state index contributed by atoms with van der Waals surface area (Å²) in [6.07, 6.45) is 0.0460. The Balaban J connectivity index is 1.90. The molecule has 0 aromatic heterocycles. The van der Waals surface area contributed by atoms with Crippen LogP contribution in [0.25, 0.3) is 0 Å². The maximum Gasteiger partial charge on any atom is 0.163 e. The van der Waals surface area contributed by atoms with Crippen LogP contribution in [0.5, 0.6) is 0 Å². The fourth-order valence-corrected chi connectivity index (χ4v) is 1.48. The summed E-state index contributed by atoms with van der Waals surface area (Å²) in [6, 6.07) is 2.29. The van der Waals surface area contributed by atoms with Gasteiger partial charge in [0.25, 0.3) is 0 Å². The molecule has 1 unspecified atom stereocenters. The maximum absolute atomic E-state index is 8.56. The molecule has 12 heavy (non-hydrogen) atoms. The van der Waals surface area contributed by atoms with E-state index in [9.17, 15) is 0 Å². The van der Waals surface area contributed by atoms with Gasteiger partial charge in [-0.05, 0) is 13.8 Å². The van der Waals surface area contributed by atoms with Crippen LogP contribution in [0.15, 0.2) is 0 Å².